The molecule has 4 nitrogen and oxygen atoms in total. The molecule has 0 radical (unpaired) electrons. The van der Waals surface area contributed by atoms with Gasteiger partial charge < -0.3 is 14.6 Å². The maximum atomic E-state index is 11.9. The van der Waals surface area contributed by atoms with Crippen LogP contribution in [0.5, 0.6) is 5.75 Å². The molecule has 3 unspecified atom stereocenters. The topological polar surface area (TPSA) is 55.8 Å². The van der Waals surface area contributed by atoms with Crippen molar-refractivity contribution in [1.82, 2.24) is 0 Å². The molecule has 2 aliphatic heterocycles. The molecule has 2 bridgehead atoms. The van der Waals surface area contributed by atoms with E-state index in [2.05, 4.69) is 15.9 Å². The van der Waals surface area contributed by atoms with Gasteiger partial charge in [-0.25, -0.2) is 0 Å². The van der Waals surface area contributed by atoms with Crippen LogP contribution in [-0.4, -0.2) is 30.4 Å². The van der Waals surface area contributed by atoms with Crippen molar-refractivity contribution >= 4 is 21.9 Å². The third kappa shape index (κ3) is 2.13. The number of benzene rings is 1. The number of carbonyl (C=O) groups is 1. The van der Waals surface area contributed by atoms with Gasteiger partial charge in [-0.3, -0.25) is 4.79 Å². The Kier molecular flexibility index (Phi) is 3.50. The molecule has 3 atom stereocenters. The van der Waals surface area contributed by atoms with Gasteiger partial charge in [0.05, 0.1) is 19.3 Å². The highest BCUT2D eigenvalue weighted by atomic mass is 79.9. The molecule has 0 amide bonds. The van der Waals surface area contributed by atoms with Crippen LogP contribution in [0.15, 0.2) is 22.7 Å². The second-order valence-electron chi connectivity index (χ2n) is 5.62. The Labute approximate surface area is 126 Å². The number of hydrogen-bond donors (Lipinski definition) is 1. The Morgan fingerprint density at radius 3 is 2.90 bits per heavy atom. The quantitative estimate of drug-likeness (QED) is 0.915. The highest BCUT2D eigenvalue weighted by molar-refractivity contribution is 9.10. The number of carboxylic acid groups (broad SMARTS) is 1. The largest absolute Gasteiger partial charge is 0.496 e. The van der Waals surface area contributed by atoms with Crippen LogP contribution in [0.25, 0.3) is 0 Å². The zero-order chi connectivity index (χ0) is 14.3. The fraction of sp³-hybridized carbons (Fsp3) is 0.533. The molecule has 0 saturated carbocycles. The maximum absolute atomic E-state index is 11.9. The van der Waals surface area contributed by atoms with Crippen molar-refractivity contribution < 1.29 is 19.4 Å². The highest BCUT2D eigenvalue weighted by Gasteiger charge is 2.57. The zero-order valence-corrected chi connectivity index (χ0v) is 12.9. The highest BCUT2D eigenvalue weighted by Crippen LogP contribution is 2.50. The van der Waals surface area contributed by atoms with Gasteiger partial charge in [0.1, 0.15) is 11.2 Å². The third-order valence-corrected chi connectivity index (χ3v) is 4.98. The van der Waals surface area contributed by atoms with Gasteiger partial charge in [0, 0.05) is 4.47 Å². The first kappa shape index (κ1) is 13.9. The molecule has 3 rings (SSSR count). The lowest BCUT2D eigenvalue weighted by Crippen LogP contribution is -2.42. The molecule has 0 spiro atoms. The summed E-state index contributed by atoms with van der Waals surface area (Å²) in [7, 11) is 1.61. The fourth-order valence-corrected chi connectivity index (χ4v) is 3.92. The molecule has 2 aliphatic rings. The molecule has 0 aromatic heterocycles. The summed E-state index contributed by atoms with van der Waals surface area (Å²) >= 11 is 3.44. The minimum Gasteiger partial charge on any atom is -0.496 e. The van der Waals surface area contributed by atoms with Gasteiger partial charge in [0.15, 0.2) is 0 Å². The molecule has 1 aromatic carbocycles. The van der Waals surface area contributed by atoms with Crippen molar-refractivity contribution in [3.05, 3.63) is 28.2 Å². The van der Waals surface area contributed by atoms with E-state index >= 15 is 0 Å². The van der Waals surface area contributed by atoms with Gasteiger partial charge in [0.25, 0.3) is 0 Å². The Morgan fingerprint density at radius 1 is 1.55 bits per heavy atom. The molecule has 0 aliphatic carbocycles. The van der Waals surface area contributed by atoms with E-state index in [0.29, 0.717) is 12.8 Å². The van der Waals surface area contributed by atoms with Crippen molar-refractivity contribution in [3.8, 4) is 5.75 Å². The van der Waals surface area contributed by atoms with Crippen LogP contribution < -0.4 is 4.74 Å². The number of hydrogen-bond acceptors (Lipinski definition) is 3. The van der Waals surface area contributed by atoms with E-state index in [4.69, 9.17) is 9.47 Å². The lowest BCUT2D eigenvalue weighted by molar-refractivity contribution is -0.152. The van der Waals surface area contributed by atoms with E-state index in [-0.39, 0.29) is 12.2 Å². The summed E-state index contributed by atoms with van der Waals surface area (Å²) in [5.41, 5.74) is 0.109. The minimum atomic E-state index is -0.809. The van der Waals surface area contributed by atoms with Crippen LogP contribution in [0.1, 0.15) is 24.8 Å². The minimum absolute atomic E-state index is 0.106. The average molecular weight is 341 g/mol. The number of rotatable bonds is 4. The van der Waals surface area contributed by atoms with Gasteiger partial charge in [-0.1, -0.05) is 15.9 Å². The van der Waals surface area contributed by atoms with E-state index in [1.807, 2.05) is 18.2 Å². The molecule has 1 aromatic rings. The lowest BCUT2D eigenvalue weighted by Gasteiger charge is -2.31. The summed E-state index contributed by atoms with van der Waals surface area (Å²) in [4.78, 5) is 11.9. The molecule has 2 saturated heterocycles. The van der Waals surface area contributed by atoms with Crippen LogP contribution in [0.2, 0.25) is 0 Å². The van der Waals surface area contributed by atoms with Crippen LogP contribution in [-0.2, 0) is 16.0 Å². The average Bonchev–Trinajstić information content (AvgIpc) is 3.00. The summed E-state index contributed by atoms with van der Waals surface area (Å²) in [6, 6.07) is 5.70. The molecule has 108 valence electrons. The number of carboxylic acids is 1. The van der Waals surface area contributed by atoms with Crippen LogP contribution >= 0.6 is 15.9 Å². The van der Waals surface area contributed by atoms with Gasteiger partial charge >= 0.3 is 5.97 Å². The zero-order valence-electron chi connectivity index (χ0n) is 11.3. The van der Waals surface area contributed by atoms with Crippen molar-refractivity contribution in [3.63, 3.8) is 0 Å². The van der Waals surface area contributed by atoms with Crippen molar-refractivity contribution in [2.45, 2.75) is 37.9 Å². The molecule has 2 fully saturated rings. The third-order valence-electron chi connectivity index (χ3n) is 4.49. The van der Waals surface area contributed by atoms with E-state index in [1.54, 1.807) is 7.11 Å². The number of methoxy groups -OCH3 is 1. The molecule has 20 heavy (non-hydrogen) atoms. The Hall–Kier alpha value is -1.07. The number of halogens is 1. The van der Waals surface area contributed by atoms with Crippen molar-refractivity contribution in [1.29, 1.82) is 0 Å². The number of fused-ring (bicyclic) bond motifs is 2. The van der Waals surface area contributed by atoms with Crippen molar-refractivity contribution in [2.24, 2.45) is 5.41 Å². The summed E-state index contributed by atoms with van der Waals surface area (Å²) < 4.78 is 12.1. The molecule has 1 N–H and O–H groups in total. The monoisotopic (exact) mass is 340 g/mol. The Balaban J connectivity index is 1.96. The Bertz CT molecular complexity index is 545. The summed E-state index contributed by atoms with van der Waals surface area (Å²) in [5.74, 6) is -0.0247. The molecule has 2 heterocycles. The first-order valence-electron chi connectivity index (χ1n) is 6.76. The summed E-state index contributed by atoms with van der Waals surface area (Å²) in [6.45, 7) is 0. The smallest absolute Gasteiger partial charge is 0.312 e. The molecule has 5 heteroatoms. The standard InChI is InChI=1S/C15H17BrO4/c1-19-12-4-2-10(16)6-9(12)7-15(14(17)18)8-11-3-5-13(15)20-11/h2,4,6,11,13H,3,5,7-8H2,1H3,(H,17,18). The van der Waals surface area contributed by atoms with E-state index in [9.17, 15) is 9.90 Å². The van der Waals surface area contributed by atoms with Gasteiger partial charge in [-0.05, 0) is 49.4 Å². The number of ether oxygens (including phenoxy) is 2. The Morgan fingerprint density at radius 2 is 2.35 bits per heavy atom. The molecular formula is C15H17BrO4. The van der Waals surface area contributed by atoms with Gasteiger partial charge in [0.2, 0.25) is 0 Å². The van der Waals surface area contributed by atoms with Crippen LogP contribution in [0.4, 0.5) is 0 Å². The predicted octanol–water partition coefficient (Wildman–Crippen LogP) is 3.02. The maximum Gasteiger partial charge on any atom is 0.312 e. The van der Waals surface area contributed by atoms with Gasteiger partial charge in [-0.15, -0.1) is 0 Å². The van der Waals surface area contributed by atoms with Crippen LogP contribution in [0.3, 0.4) is 0 Å². The fourth-order valence-electron chi connectivity index (χ4n) is 3.51. The SMILES string of the molecule is COc1ccc(Br)cc1CC1(C(=O)O)CC2CCC1O2. The summed E-state index contributed by atoms with van der Waals surface area (Å²) in [6.07, 6.45) is 2.81. The molecular weight excluding hydrogens is 324 g/mol. The van der Waals surface area contributed by atoms with Crippen LogP contribution in [0, 0.1) is 5.41 Å². The summed E-state index contributed by atoms with van der Waals surface area (Å²) in [5, 5.41) is 9.75. The van der Waals surface area contributed by atoms with E-state index in [0.717, 1.165) is 28.6 Å². The van der Waals surface area contributed by atoms with Crippen molar-refractivity contribution in [2.75, 3.05) is 7.11 Å². The first-order valence-corrected chi connectivity index (χ1v) is 7.56. The van der Waals surface area contributed by atoms with E-state index < -0.39 is 11.4 Å². The first-order chi connectivity index (χ1) is 9.55. The van der Waals surface area contributed by atoms with E-state index in [1.165, 1.54) is 0 Å². The number of aliphatic carboxylic acids is 1. The second kappa shape index (κ2) is 5.04. The van der Waals surface area contributed by atoms with Gasteiger partial charge in [-0.2, -0.15) is 0 Å². The lowest BCUT2D eigenvalue weighted by atomic mass is 9.70. The predicted molar refractivity (Wildman–Crippen MR) is 77.0 cm³/mol. The second-order valence-corrected chi connectivity index (χ2v) is 6.54. The normalized spacial score (nSPS) is 31.5.